The molecule has 0 spiro atoms. The van der Waals surface area contributed by atoms with Crippen LogP contribution in [0.4, 0.5) is 0 Å². The van der Waals surface area contributed by atoms with E-state index in [-0.39, 0.29) is 0 Å². The molecule has 0 N–H and O–H groups in total. The van der Waals surface area contributed by atoms with E-state index < -0.39 is 0 Å². The summed E-state index contributed by atoms with van der Waals surface area (Å²) in [5.74, 6) is 0. The van der Waals surface area contributed by atoms with Crippen molar-refractivity contribution in [3.8, 4) is 0 Å². The van der Waals surface area contributed by atoms with Gasteiger partial charge in [0.2, 0.25) is 0 Å². The maximum atomic E-state index is 5.92. The summed E-state index contributed by atoms with van der Waals surface area (Å²) >= 11 is 5.92. The lowest BCUT2D eigenvalue weighted by Gasteiger charge is -2.13. The molecule has 2 nitrogen and oxygen atoms in total. The fraction of sp³-hybridized carbons (Fsp3) is 0.0556. The number of hydrogen-bond donors (Lipinski definition) is 0. The SMILES string of the molecule is Clc1ccc(/C=C2/Cn3c(cc4ccccc43)C=N2)cc1. The highest BCUT2D eigenvalue weighted by Crippen LogP contribution is 2.24. The summed E-state index contributed by atoms with van der Waals surface area (Å²) in [6.45, 7) is 0.794. The number of allylic oxidation sites excluding steroid dienone is 1. The van der Waals surface area contributed by atoms with Gasteiger partial charge in [0.05, 0.1) is 24.2 Å². The molecule has 1 aromatic heterocycles. The quantitative estimate of drug-likeness (QED) is 0.615. The van der Waals surface area contributed by atoms with E-state index in [1.54, 1.807) is 0 Å². The second-order valence-corrected chi connectivity index (χ2v) is 5.60. The first-order valence-corrected chi connectivity index (χ1v) is 7.26. The first kappa shape index (κ1) is 12.4. The summed E-state index contributed by atoms with van der Waals surface area (Å²) < 4.78 is 2.30. The smallest absolute Gasteiger partial charge is 0.0655 e. The minimum Gasteiger partial charge on any atom is -0.334 e. The molecule has 4 rings (SSSR count). The molecule has 102 valence electrons. The molecule has 0 amide bonds. The van der Waals surface area contributed by atoms with Crippen LogP contribution in [0.5, 0.6) is 0 Å². The number of hydrogen-bond acceptors (Lipinski definition) is 1. The van der Waals surface area contributed by atoms with Gasteiger partial charge < -0.3 is 4.57 Å². The molecule has 0 fully saturated rings. The molecule has 0 atom stereocenters. The Balaban J connectivity index is 1.74. The predicted octanol–water partition coefficient (Wildman–Crippen LogP) is 4.77. The van der Waals surface area contributed by atoms with Crippen LogP contribution in [0.15, 0.2) is 65.3 Å². The minimum atomic E-state index is 0.753. The molecule has 21 heavy (non-hydrogen) atoms. The van der Waals surface area contributed by atoms with Crippen LogP contribution in [0.25, 0.3) is 17.0 Å². The van der Waals surface area contributed by atoms with Crippen LogP contribution in [0.3, 0.4) is 0 Å². The first-order chi connectivity index (χ1) is 10.3. The van der Waals surface area contributed by atoms with Crippen LogP contribution in [0.2, 0.25) is 5.02 Å². The zero-order chi connectivity index (χ0) is 14.2. The van der Waals surface area contributed by atoms with E-state index in [1.165, 1.54) is 10.9 Å². The van der Waals surface area contributed by atoms with E-state index in [4.69, 9.17) is 11.6 Å². The van der Waals surface area contributed by atoms with Gasteiger partial charge >= 0.3 is 0 Å². The lowest BCUT2D eigenvalue weighted by atomic mass is 10.2. The maximum absolute atomic E-state index is 5.92. The Morgan fingerprint density at radius 3 is 2.71 bits per heavy atom. The number of aliphatic imine (C=N–C) groups is 1. The number of nitrogens with zero attached hydrogens (tertiary/aromatic N) is 2. The zero-order valence-corrected chi connectivity index (χ0v) is 12.1. The molecule has 2 aromatic carbocycles. The molecular weight excluding hydrogens is 280 g/mol. The Kier molecular flexibility index (Phi) is 2.90. The van der Waals surface area contributed by atoms with Gasteiger partial charge in [0.25, 0.3) is 0 Å². The van der Waals surface area contributed by atoms with E-state index >= 15 is 0 Å². The molecule has 0 saturated heterocycles. The molecule has 0 radical (unpaired) electrons. The molecule has 3 heteroatoms. The van der Waals surface area contributed by atoms with Crippen molar-refractivity contribution in [2.75, 3.05) is 0 Å². The Hall–Kier alpha value is -2.32. The summed E-state index contributed by atoms with van der Waals surface area (Å²) in [6, 6.07) is 18.4. The second kappa shape index (κ2) is 4.90. The van der Waals surface area contributed by atoms with Gasteiger partial charge in [-0.05, 0) is 35.9 Å². The van der Waals surface area contributed by atoms with E-state index in [9.17, 15) is 0 Å². The van der Waals surface area contributed by atoms with Gasteiger partial charge in [-0.25, -0.2) is 0 Å². The van der Waals surface area contributed by atoms with E-state index in [0.29, 0.717) is 0 Å². The predicted molar refractivity (Wildman–Crippen MR) is 89.0 cm³/mol. The summed E-state index contributed by atoms with van der Waals surface area (Å²) in [7, 11) is 0. The van der Waals surface area contributed by atoms with Crippen molar-refractivity contribution in [2.45, 2.75) is 6.54 Å². The highest BCUT2D eigenvalue weighted by molar-refractivity contribution is 6.30. The highest BCUT2D eigenvalue weighted by Gasteiger charge is 2.12. The second-order valence-electron chi connectivity index (χ2n) is 5.16. The third kappa shape index (κ3) is 2.28. The Morgan fingerprint density at radius 2 is 1.86 bits per heavy atom. The lowest BCUT2D eigenvalue weighted by Crippen LogP contribution is -2.08. The molecule has 3 aromatic rings. The third-order valence-corrected chi connectivity index (χ3v) is 3.98. The van der Waals surface area contributed by atoms with Crippen molar-refractivity contribution >= 4 is 34.8 Å². The van der Waals surface area contributed by atoms with Crippen molar-refractivity contribution in [3.63, 3.8) is 0 Å². The summed E-state index contributed by atoms with van der Waals surface area (Å²) in [5, 5.41) is 2.01. The fourth-order valence-corrected chi connectivity index (χ4v) is 2.83. The highest BCUT2D eigenvalue weighted by atomic mass is 35.5. The molecule has 2 heterocycles. The van der Waals surface area contributed by atoms with E-state index in [2.05, 4.69) is 46.0 Å². The molecule has 0 saturated carbocycles. The largest absolute Gasteiger partial charge is 0.334 e. The number of fused-ring (bicyclic) bond motifs is 3. The molecular formula is C18H13ClN2. The van der Waals surface area contributed by atoms with Crippen LogP contribution >= 0.6 is 11.6 Å². The van der Waals surface area contributed by atoms with Crippen molar-refractivity contribution in [3.05, 3.63) is 76.6 Å². The van der Waals surface area contributed by atoms with Crippen LogP contribution in [0.1, 0.15) is 11.3 Å². The number of para-hydroxylation sites is 1. The zero-order valence-electron chi connectivity index (χ0n) is 11.3. The minimum absolute atomic E-state index is 0.753. The molecule has 0 unspecified atom stereocenters. The van der Waals surface area contributed by atoms with E-state index in [0.717, 1.165) is 28.5 Å². The number of rotatable bonds is 1. The Bertz CT molecular complexity index is 870. The van der Waals surface area contributed by atoms with Crippen LogP contribution in [0, 0.1) is 0 Å². The molecule has 0 bridgehead atoms. The topological polar surface area (TPSA) is 17.3 Å². The van der Waals surface area contributed by atoms with E-state index in [1.807, 2.05) is 30.5 Å². The van der Waals surface area contributed by atoms with Crippen molar-refractivity contribution < 1.29 is 0 Å². The molecule has 0 aliphatic carbocycles. The lowest BCUT2D eigenvalue weighted by molar-refractivity contribution is 0.794. The normalized spacial score (nSPS) is 15.6. The van der Waals surface area contributed by atoms with Crippen LogP contribution in [-0.2, 0) is 6.54 Å². The summed E-state index contributed by atoms with van der Waals surface area (Å²) in [6.07, 6.45) is 4.04. The van der Waals surface area contributed by atoms with Crippen molar-refractivity contribution in [1.82, 2.24) is 4.57 Å². The van der Waals surface area contributed by atoms with Crippen LogP contribution in [-0.4, -0.2) is 10.8 Å². The molecule has 1 aliphatic heterocycles. The van der Waals surface area contributed by atoms with Gasteiger partial charge in [0, 0.05) is 15.9 Å². The standard InChI is InChI=1S/C18H13ClN2/c19-15-7-5-13(6-8-15)9-16-12-21-17(11-20-16)10-14-3-1-2-4-18(14)21/h1-11H,12H2/b16-9-. The third-order valence-electron chi connectivity index (χ3n) is 3.73. The summed E-state index contributed by atoms with van der Waals surface area (Å²) in [4.78, 5) is 4.57. The average Bonchev–Trinajstić information content (AvgIpc) is 2.88. The maximum Gasteiger partial charge on any atom is 0.0655 e. The van der Waals surface area contributed by atoms with Gasteiger partial charge in [-0.3, -0.25) is 4.99 Å². The summed E-state index contributed by atoms with van der Waals surface area (Å²) in [5.41, 5.74) is 4.57. The van der Waals surface area contributed by atoms with Gasteiger partial charge in [-0.1, -0.05) is 41.9 Å². The monoisotopic (exact) mass is 292 g/mol. The van der Waals surface area contributed by atoms with Gasteiger partial charge in [0.1, 0.15) is 0 Å². The van der Waals surface area contributed by atoms with Gasteiger partial charge in [-0.15, -0.1) is 0 Å². The first-order valence-electron chi connectivity index (χ1n) is 6.88. The number of benzene rings is 2. The van der Waals surface area contributed by atoms with Gasteiger partial charge in [0.15, 0.2) is 0 Å². The average molecular weight is 293 g/mol. The molecule has 1 aliphatic rings. The Morgan fingerprint density at radius 1 is 1.05 bits per heavy atom. The number of aromatic nitrogens is 1. The van der Waals surface area contributed by atoms with Gasteiger partial charge in [-0.2, -0.15) is 0 Å². The number of halogens is 1. The van der Waals surface area contributed by atoms with Crippen LogP contribution < -0.4 is 0 Å². The Labute approximate surface area is 128 Å². The fourth-order valence-electron chi connectivity index (χ4n) is 2.70. The van der Waals surface area contributed by atoms with Crippen molar-refractivity contribution in [2.24, 2.45) is 4.99 Å². The van der Waals surface area contributed by atoms with Crippen molar-refractivity contribution in [1.29, 1.82) is 0 Å².